The lowest BCUT2D eigenvalue weighted by atomic mass is 9.97. The number of benzene rings is 3. The molecule has 0 fully saturated rings. The molecular formula is C28H27NO4. The zero-order valence-corrected chi connectivity index (χ0v) is 18.8. The van der Waals surface area contributed by atoms with Crippen molar-refractivity contribution < 1.29 is 19.1 Å². The SMILES string of the molecule is COC(=O)CCc1ccc2c(c1)CCCN2C(=O)OCC1c2ccccc2-c2ccccc21. The molecule has 1 amide bonds. The third kappa shape index (κ3) is 4.11. The highest BCUT2D eigenvalue weighted by molar-refractivity contribution is 5.89. The highest BCUT2D eigenvalue weighted by Gasteiger charge is 2.30. The van der Waals surface area contributed by atoms with Gasteiger partial charge in [-0.1, -0.05) is 60.7 Å². The van der Waals surface area contributed by atoms with E-state index in [1.807, 2.05) is 36.4 Å². The molecule has 0 spiro atoms. The second-order valence-electron chi connectivity index (χ2n) is 8.60. The van der Waals surface area contributed by atoms with E-state index in [0.29, 0.717) is 26.0 Å². The van der Waals surface area contributed by atoms with Gasteiger partial charge in [0, 0.05) is 18.9 Å². The fourth-order valence-electron chi connectivity index (χ4n) is 5.02. The molecule has 1 aliphatic carbocycles. The summed E-state index contributed by atoms with van der Waals surface area (Å²) in [6, 6.07) is 22.8. The fraction of sp³-hybridized carbons (Fsp3) is 0.286. The Bertz CT molecular complexity index is 1160. The Morgan fingerprint density at radius 2 is 1.67 bits per heavy atom. The number of hydrogen-bond donors (Lipinski definition) is 0. The minimum absolute atomic E-state index is 0.0475. The van der Waals surface area contributed by atoms with Gasteiger partial charge in [-0.2, -0.15) is 0 Å². The van der Waals surface area contributed by atoms with E-state index in [1.54, 1.807) is 4.90 Å². The largest absolute Gasteiger partial charge is 0.469 e. The van der Waals surface area contributed by atoms with Gasteiger partial charge in [0.2, 0.25) is 0 Å². The molecule has 1 heterocycles. The van der Waals surface area contributed by atoms with Crippen LogP contribution in [-0.4, -0.2) is 32.3 Å². The first-order valence-electron chi connectivity index (χ1n) is 11.5. The average molecular weight is 442 g/mol. The summed E-state index contributed by atoms with van der Waals surface area (Å²) in [7, 11) is 1.40. The first kappa shape index (κ1) is 21.3. The number of aryl methyl sites for hydroxylation is 2. The van der Waals surface area contributed by atoms with Crippen molar-refractivity contribution in [3.63, 3.8) is 0 Å². The van der Waals surface area contributed by atoms with Gasteiger partial charge >= 0.3 is 12.1 Å². The maximum atomic E-state index is 13.1. The number of nitrogens with zero attached hydrogens (tertiary/aromatic N) is 1. The molecule has 0 saturated carbocycles. The molecule has 1 aliphatic heterocycles. The Morgan fingerprint density at radius 1 is 0.970 bits per heavy atom. The van der Waals surface area contributed by atoms with Gasteiger partial charge in [0.15, 0.2) is 0 Å². The van der Waals surface area contributed by atoms with Crippen LogP contribution in [0.2, 0.25) is 0 Å². The highest BCUT2D eigenvalue weighted by Crippen LogP contribution is 2.44. The average Bonchev–Trinajstić information content (AvgIpc) is 3.19. The number of esters is 1. The van der Waals surface area contributed by atoms with Crippen molar-refractivity contribution in [3.05, 3.63) is 89.0 Å². The summed E-state index contributed by atoms with van der Waals surface area (Å²) in [5, 5.41) is 0. The molecule has 0 unspecified atom stereocenters. The molecule has 5 rings (SSSR count). The van der Waals surface area contributed by atoms with Crippen LogP contribution in [0, 0.1) is 0 Å². The van der Waals surface area contributed by atoms with Gasteiger partial charge in [0.1, 0.15) is 6.61 Å². The predicted molar refractivity (Wildman–Crippen MR) is 128 cm³/mol. The maximum absolute atomic E-state index is 13.1. The van der Waals surface area contributed by atoms with E-state index >= 15 is 0 Å². The smallest absolute Gasteiger partial charge is 0.414 e. The standard InChI is InChI=1S/C28H27NO4/c1-32-27(30)15-13-19-12-14-26-20(17-19)7-6-16-29(26)28(31)33-18-25-23-10-4-2-8-21(23)22-9-3-5-11-24(22)25/h2-5,8-12,14,17,25H,6-7,13,15-16,18H2,1H3. The van der Waals surface area contributed by atoms with Crippen LogP contribution in [0.3, 0.4) is 0 Å². The van der Waals surface area contributed by atoms with Crippen molar-refractivity contribution in [3.8, 4) is 11.1 Å². The summed E-state index contributed by atoms with van der Waals surface area (Å²) in [6.07, 6.45) is 2.47. The number of ether oxygens (including phenoxy) is 2. The highest BCUT2D eigenvalue weighted by atomic mass is 16.6. The number of anilines is 1. The van der Waals surface area contributed by atoms with E-state index < -0.39 is 0 Å². The second-order valence-corrected chi connectivity index (χ2v) is 8.60. The lowest BCUT2D eigenvalue weighted by Gasteiger charge is -2.29. The van der Waals surface area contributed by atoms with Crippen molar-refractivity contribution in [1.29, 1.82) is 0 Å². The Hall–Kier alpha value is -3.60. The lowest BCUT2D eigenvalue weighted by molar-refractivity contribution is -0.140. The first-order valence-corrected chi connectivity index (χ1v) is 11.5. The molecule has 2 aliphatic rings. The molecule has 33 heavy (non-hydrogen) atoms. The third-order valence-corrected chi connectivity index (χ3v) is 6.66. The van der Waals surface area contributed by atoms with E-state index in [0.717, 1.165) is 29.7 Å². The van der Waals surface area contributed by atoms with E-state index in [4.69, 9.17) is 9.47 Å². The van der Waals surface area contributed by atoms with Gasteiger partial charge in [-0.15, -0.1) is 0 Å². The predicted octanol–water partition coefficient (Wildman–Crippen LogP) is 5.49. The summed E-state index contributed by atoms with van der Waals surface area (Å²) in [4.78, 5) is 26.3. The number of carbonyl (C=O) groups is 2. The van der Waals surface area contributed by atoms with E-state index in [2.05, 4.69) is 30.3 Å². The quantitative estimate of drug-likeness (QED) is 0.491. The molecule has 5 heteroatoms. The van der Waals surface area contributed by atoms with E-state index in [1.165, 1.54) is 29.4 Å². The topological polar surface area (TPSA) is 55.8 Å². The second kappa shape index (κ2) is 9.10. The van der Waals surface area contributed by atoms with Gasteiger partial charge < -0.3 is 9.47 Å². The number of rotatable bonds is 5. The van der Waals surface area contributed by atoms with Crippen LogP contribution >= 0.6 is 0 Å². The van der Waals surface area contributed by atoms with Crippen molar-refractivity contribution in [2.75, 3.05) is 25.2 Å². The zero-order valence-electron chi connectivity index (χ0n) is 18.8. The molecule has 0 N–H and O–H groups in total. The monoisotopic (exact) mass is 441 g/mol. The first-order chi connectivity index (χ1) is 16.2. The fourth-order valence-corrected chi connectivity index (χ4v) is 5.02. The number of fused-ring (bicyclic) bond motifs is 4. The van der Waals surface area contributed by atoms with Crippen LogP contribution in [0.4, 0.5) is 10.5 Å². The van der Waals surface area contributed by atoms with Crippen LogP contribution in [0.5, 0.6) is 0 Å². The Morgan fingerprint density at radius 3 is 2.36 bits per heavy atom. The summed E-state index contributed by atoms with van der Waals surface area (Å²) in [5.41, 5.74) is 7.96. The van der Waals surface area contributed by atoms with Crippen molar-refractivity contribution in [2.24, 2.45) is 0 Å². The van der Waals surface area contributed by atoms with Gasteiger partial charge in [-0.3, -0.25) is 9.69 Å². The summed E-state index contributed by atoms with van der Waals surface area (Å²) in [6.45, 7) is 0.959. The summed E-state index contributed by atoms with van der Waals surface area (Å²) in [5.74, 6) is -0.167. The molecule has 0 atom stereocenters. The van der Waals surface area contributed by atoms with E-state index in [9.17, 15) is 9.59 Å². The van der Waals surface area contributed by atoms with Crippen LogP contribution in [0.25, 0.3) is 11.1 Å². The molecule has 3 aromatic rings. The summed E-state index contributed by atoms with van der Waals surface area (Å²) < 4.78 is 10.6. The zero-order chi connectivity index (χ0) is 22.8. The minimum Gasteiger partial charge on any atom is -0.469 e. The molecule has 5 nitrogen and oxygen atoms in total. The van der Waals surface area contributed by atoms with Crippen molar-refractivity contribution in [2.45, 2.75) is 31.6 Å². The Labute approximate surface area is 193 Å². The maximum Gasteiger partial charge on any atom is 0.414 e. The molecule has 0 saturated heterocycles. The van der Waals surface area contributed by atoms with Gasteiger partial charge in [-0.05, 0) is 58.7 Å². The van der Waals surface area contributed by atoms with Crippen LogP contribution < -0.4 is 4.90 Å². The number of carbonyl (C=O) groups excluding carboxylic acids is 2. The normalized spacial score (nSPS) is 14.3. The molecule has 3 aromatic carbocycles. The van der Waals surface area contributed by atoms with Gasteiger partial charge in [0.25, 0.3) is 0 Å². The van der Waals surface area contributed by atoms with Crippen LogP contribution in [0.15, 0.2) is 66.7 Å². The number of hydrogen-bond acceptors (Lipinski definition) is 4. The number of amides is 1. The molecule has 0 bridgehead atoms. The summed E-state index contributed by atoms with van der Waals surface area (Å²) >= 11 is 0. The molecule has 0 aromatic heterocycles. The molecule has 168 valence electrons. The van der Waals surface area contributed by atoms with Crippen LogP contribution in [0.1, 0.15) is 41.0 Å². The van der Waals surface area contributed by atoms with Gasteiger partial charge in [0.05, 0.1) is 12.8 Å². The van der Waals surface area contributed by atoms with E-state index in [-0.39, 0.29) is 18.0 Å². The van der Waals surface area contributed by atoms with Gasteiger partial charge in [-0.25, -0.2) is 4.79 Å². The van der Waals surface area contributed by atoms with Crippen molar-refractivity contribution in [1.82, 2.24) is 0 Å². The molecular weight excluding hydrogens is 414 g/mol. The minimum atomic E-state index is -0.305. The van der Waals surface area contributed by atoms with Crippen molar-refractivity contribution >= 4 is 17.7 Å². The Kier molecular flexibility index (Phi) is 5.86. The molecule has 0 radical (unpaired) electrons. The number of methoxy groups -OCH3 is 1. The Balaban J connectivity index is 1.30. The third-order valence-electron chi connectivity index (χ3n) is 6.66. The van der Waals surface area contributed by atoms with Crippen LogP contribution in [-0.2, 0) is 27.1 Å². The lowest BCUT2D eigenvalue weighted by Crippen LogP contribution is -2.36.